The molecule has 0 amide bonds. The monoisotopic (exact) mass is 252 g/mol. The molecular formula is C7H16N4S3. The van der Waals surface area contributed by atoms with Crippen molar-refractivity contribution < 1.29 is 0 Å². The Labute approximate surface area is 97.3 Å². The molecule has 0 aliphatic rings. The van der Waals surface area contributed by atoms with Crippen LogP contribution in [0.2, 0.25) is 0 Å². The normalized spacial score (nSPS) is 10.0. The highest BCUT2D eigenvalue weighted by molar-refractivity contribution is 8.14. The number of thioether (sulfide) groups is 3. The maximum absolute atomic E-state index is 6.98. The van der Waals surface area contributed by atoms with Crippen molar-refractivity contribution in [1.82, 2.24) is 0 Å². The Morgan fingerprint density at radius 1 is 0.857 bits per heavy atom. The number of hydrogen-bond donors (Lipinski definition) is 4. The van der Waals surface area contributed by atoms with Crippen LogP contribution < -0.4 is 11.5 Å². The van der Waals surface area contributed by atoms with Gasteiger partial charge in [0.15, 0.2) is 10.3 Å². The zero-order valence-corrected chi connectivity index (χ0v) is 10.4. The van der Waals surface area contributed by atoms with Crippen LogP contribution in [-0.4, -0.2) is 33.3 Å². The van der Waals surface area contributed by atoms with Crippen LogP contribution in [0, 0.1) is 10.8 Å². The topological polar surface area (TPSA) is 99.7 Å². The average molecular weight is 252 g/mol. The molecule has 0 aromatic heterocycles. The van der Waals surface area contributed by atoms with Crippen molar-refractivity contribution in [3.05, 3.63) is 0 Å². The van der Waals surface area contributed by atoms with Crippen molar-refractivity contribution in [2.75, 3.05) is 23.0 Å². The van der Waals surface area contributed by atoms with E-state index < -0.39 is 0 Å². The van der Waals surface area contributed by atoms with Crippen LogP contribution in [0.5, 0.6) is 0 Å². The quantitative estimate of drug-likeness (QED) is 0.311. The van der Waals surface area contributed by atoms with Gasteiger partial charge < -0.3 is 11.5 Å². The summed E-state index contributed by atoms with van der Waals surface area (Å²) >= 11 is 4.62. The Bertz CT molecular complexity index is 166. The summed E-state index contributed by atoms with van der Waals surface area (Å²) < 4.78 is 0. The lowest BCUT2D eigenvalue weighted by Gasteiger charge is -2.00. The molecule has 14 heavy (non-hydrogen) atoms. The fourth-order valence-electron chi connectivity index (χ4n) is 0.656. The summed E-state index contributed by atoms with van der Waals surface area (Å²) in [5.74, 6) is 3.93. The van der Waals surface area contributed by atoms with Crippen molar-refractivity contribution in [2.45, 2.75) is 6.42 Å². The predicted octanol–water partition coefficient (Wildman–Crippen LogP) is 1.36. The molecule has 6 N–H and O–H groups in total. The van der Waals surface area contributed by atoms with Gasteiger partial charge in [-0.25, -0.2) is 0 Å². The van der Waals surface area contributed by atoms with Crippen LogP contribution in [-0.2, 0) is 0 Å². The lowest BCUT2D eigenvalue weighted by molar-refractivity contribution is 1.13. The van der Waals surface area contributed by atoms with Crippen LogP contribution in [0.15, 0.2) is 0 Å². The first-order valence-corrected chi connectivity index (χ1v) is 7.27. The minimum absolute atomic E-state index is 0.192. The van der Waals surface area contributed by atoms with Crippen LogP contribution in [0.3, 0.4) is 0 Å². The molecule has 7 heteroatoms. The predicted molar refractivity (Wildman–Crippen MR) is 70.7 cm³/mol. The van der Waals surface area contributed by atoms with Gasteiger partial charge in [0.25, 0.3) is 0 Å². The van der Waals surface area contributed by atoms with Crippen LogP contribution in [0.4, 0.5) is 0 Å². The molecule has 0 unspecified atom stereocenters. The average Bonchev–Trinajstić information content (AvgIpc) is 2.08. The smallest absolute Gasteiger partial charge is 0.151 e. The van der Waals surface area contributed by atoms with E-state index in [1.165, 1.54) is 23.5 Å². The third-order valence-electron chi connectivity index (χ3n) is 1.18. The van der Waals surface area contributed by atoms with Crippen LogP contribution >= 0.6 is 35.3 Å². The summed E-state index contributed by atoms with van der Waals surface area (Å²) in [6.07, 6.45) is 1.07. The molecule has 0 rings (SSSR count). The zero-order valence-electron chi connectivity index (χ0n) is 7.91. The van der Waals surface area contributed by atoms with Gasteiger partial charge in [0.05, 0.1) is 0 Å². The molecule has 4 nitrogen and oxygen atoms in total. The lowest BCUT2D eigenvalue weighted by Crippen LogP contribution is -2.06. The molecule has 0 atom stereocenters. The Hall–Kier alpha value is -0.0100. The van der Waals surface area contributed by atoms with E-state index in [1.807, 2.05) is 11.8 Å². The second-order valence-electron chi connectivity index (χ2n) is 2.39. The molecule has 0 aromatic carbocycles. The van der Waals surface area contributed by atoms with Gasteiger partial charge in [0, 0.05) is 17.3 Å². The molecule has 0 radical (unpaired) electrons. The van der Waals surface area contributed by atoms with Gasteiger partial charge in [-0.2, -0.15) is 11.8 Å². The highest BCUT2D eigenvalue weighted by Crippen LogP contribution is 2.09. The minimum atomic E-state index is 0.192. The van der Waals surface area contributed by atoms with Crippen LogP contribution in [0.1, 0.15) is 6.42 Å². The molecule has 0 aliphatic heterocycles. The molecule has 0 heterocycles. The van der Waals surface area contributed by atoms with Crippen molar-refractivity contribution in [3.63, 3.8) is 0 Å². The van der Waals surface area contributed by atoms with Gasteiger partial charge in [-0.05, 0) is 12.2 Å². The van der Waals surface area contributed by atoms with Gasteiger partial charge >= 0.3 is 0 Å². The Morgan fingerprint density at radius 2 is 1.43 bits per heavy atom. The SMILES string of the molecule is N=C(N)SCCCSCCSC(=N)N. The number of amidine groups is 2. The molecule has 0 spiro atoms. The van der Waals surface area contributed by atoms with E-state index in [4.69, 9.17) is 22.3 Å². The number of rotatable bonds is 7. The van der Waals surface area contributed by atoms with E-state index in [-0.39, 0.29) is 10.3 Å². The molecule has 0 aromatic rings. The van der Waals surface area contributed by atoms with E-state index in [1.54, 1.807) is 0 Å². The van der Waals surface area contributed by atoms with Gasteiger partial charge in [-0.1, -0.05) is 23.5 Å². The van der Waals surface area contributed by atoms with Crippen molar-refractivity contribution >= 4 is 45.6 Å². The highest BCUT2D eigenvalue weighted by Gasteiger charge is 1.94. The largest absolute Gasteiger partial charge is 0.379 e. The lowest BCUT2D eigenvalue weighted by atomic mass is 10.6. The Morgan fingerprint density at radius 3 is 2.00 bits per heavy atom. The zero-order chi connectivity index (χ0) is 10.8. The molecule has 82 valence electrons. The summed E-state index contributed by atoms with van der Waals surface area (Å²) in [7, 11) is 0. The van der Waals surface area contributed by atoms with Gasteiger partial charge in [-0.15, -0.1) is 0 Å². The number of nitrogens with two attached hydrogens (primary N) is 2. The van der Waals surface area contributed by atoms with Gasteiger partial charge in [-0.3, -0.25) is 10.8 Å². The van der Waals surface area contributed by atoms with E-state index in [0.717, 1.165) is 29.4 Å². The second-order valence-corrected chi connectivity index (χ2v) is 5.89. The third kappa shape index (κ3) is 12.0. The van der Waals surface area contributed by atoms with Crippen molar-refractivity contribution in [2.24, 2.45) is 11.5 Å². The van der Waals surface area contributed by atoms with Crippen molar-refractivity contribution in [3.8, 4) is 0 Å². The maximum Gasteiger partial charge on any atom is 0.151 e. The Kier molecular flexibility index (Phi) is 9.53. The second kappa shape index (κ2) is 9.54. The molecule has 0 bridgehead atoms. The summed E-state index contributed by atoms with van der Waals surface area (Å²) in [5, 5.41) is 14.3. The first-order chi connectivity index (χ1) is 6.63. The first kappa shape index (κ1) is 14.0. The summed E-state index contributed by atoms with van der Waals surface area (Å²) in [5.41, 5.74) is 10.4. The molecule has 0 saturated carbocycles. The van der Waals surface area contributed by atoms with Gasteiger partial charge in [0.1, 0.15) is 0 Å². The minimum Gasteiger partial charge on any atom is -0.379 e. The van der Waals surface area contributed by atoms with E-state index in [9.17, 15) is 0 Å². The van der Waals surface area contributed by atoms with Gasteiger partial charge in [0.2, 0.25) is 0 Å². The van der Waals surface area contributed by atoms with Crippen molar-refractivity contribution in [1.29, 1.82) is 10.8 Å². The third-order valence-corrected chi connectivity index (χ3v) is 4.03. The fraction of sp³-hybridized carbons (Fsp3) is 0.714. The Balaban J connectivity index is 2.99. The van der Waals surface area contributed by atoms with E-state index in [2.05, 4.69) is 0 Å². The number of nitrogens with one attached hydrogen (secondary N) is 2. The summed E-state index contributed by atoms with van der Waals surface area (Å²) in [4.78, 5) is 0. The highest BCUT2D eigenvalue weighted by atomic mass is 32.2. The number of hydrogen-bond acceptors (Lipinski definition) is 5. The molecule has 0 fully saturated rings. The standard InChI is InChI=1S/C7H16N4S3/c8-6(9)13-3-1-2-12-4-5-14-7(10)11/h1-5H2,(H3,8,9)(H3,10,11). The van der Waals surface area contributed by atoms with E-state index >= 15 is 0 Å². The fourth-order valence-corrected chi connectivity index (χ4v) is 2.92. The van der Waals surface area contributed by atoms with E-state index in [0.29, 0.717) is 0 Å². The summed E-state index contributed by atoms with van der Waals surface area (Å²) in [6.45, 7) is 0. The molecule has 0 saturated heterocycles. The summed E-state index contributed by atoms with van der Waals surface area (Å²) in [6, 6.07) is 0. The van der Waals surface area contributed by atoms with Crippen LogP contribution in [0.25, 0.3) is 0 Å². The molecular weight excluding hydrogens is 236 g/mol. The maximum atomic E-state index is 6.98. The molecule has 0 aliphatic carbocycles. The first-order valence-electron chi connectivity index (χ1n) is 4.14.